The predicted molar refractivity (Wildman–Crippen MR) is 52.7 cm³/mol. The van der Waals surface area contributed by atoms with Gasteiger partial charge in [0.1, 0.15) is 11.5 Å². The SMILES string of the molecule is Cn1nc(N)cc1C(=O)NCC1CC1. The van der Waals surface area contributed by atoms with Gasteiger partial charge in [-0.1, -0.05) is 0 Å². The minimum atomic E-state index is -0.0939. The number of nitrogen functional groups attached to an aromatic ring is 1. The summed E-state index contributed by atoms with van der Waals surface area (Å²) >= 11 is 0. The number of aromatic nitrogens is 2. The molecule has 0 atom stereocenters. The van der Waals surface area contributed by atoms with E-state index in [0.717, 1.165) is 6.54 Å². The summed E-state index contributed by atoms with van der Waals surface area (Å²) in [4.78, 5) is 11.6. The third kappa shape index (κ3) is 1.86. The van der Waals surface area contributed by atoms with Gasteiger partial charge in [-0.05, 0) is 18.8 Å². The standard InChI is InChI=1S/C9H14N4O/c1-13-7(4-8(10)12-13)9(14)11-5-6-2-3-6/h4,6H,2-3,5H2,1H3,(H2,10,12)(H,11,14). The lowest BCUT2D eigenvalue weighted by Crippen LogP contribution is -2.27. The fourth-order valence-corrected chi connectivity index (χ4v) is 1.35. The van der Waals surface area contributed by atoms with Crippen LogP contribution < -0.4 is 11.1 Å². The monoisotopic (exact) mass is 194 g/mol. The van der Waals surface area contributed by atoms with E-state index in [1.165, 1.54) is 17.5 Å². The summed E-state index contributed by atoms with van der Waals surface area (Å²) in [5.74, 6) is 0.970. The van der Waals surface area contributed by atoms with Crippen molar-refractivity contribution in [1.82, 2.24) is 15.1 Å². The van der Waals surface area contributed by atoms with E-state index in [-0.39, 0.29) is 5.91 Å². The number of nitrogens with two attached hydrogens (primary N) is 1. The highest BCUT2D eigenvalue weighted by Crippen LogP contribution is 2.27. The topological polar surface area (TPSA) is 72.9 Å². The van der Waals surface area contributed by atoms with Crippen LogP contribution in [0.2, 0.25) is 0 Å². The first-order valence-corrected chi connectivity index (χ1v) is 4.74. The molecule has 5 heteroatoms. The van der Waals surface area contributed by atoms with Gasteiger partial charge < -0.3 is 11.1 Å². The van der Waals surface area contributed by atoms with Gasteiger partial charge in [0, 0.05) is 19.7 Å². The summed E-state index contributed by atoms with van der Waals surface area (Å²) in [6, 6.07) is 1.59. The van der Waals surface area contributed by atoms with Crippen molar-refractivity contribution in [2.75, 3.05) is 12.3 Å². The zero-order valence-corrected chi connectivity index (χ0v) is 8.16. The van der Waals surface area contributed by atoms with Crippen molar-refractivity contribution in [2.45, 2.75) is 12.8 Å². The Kier molecular flexibility index (Phi) is 2.15. The van der Waals surface area contributed by atoms with Crippen LogP contribution >= 0.6 is 0 Å². The highest BCUT2D eigenvalue weighted by molar-refractivity contribution is 5.93. The van der Waals surface area contributed by atoms with Crippen molar-refractivity contribution in [3.05, 3.63) is 11.8 Å². The Hall–Kier alpha value is -1.52. The van der Waals surface area contributed by atoms with Gasteiger partial charge in [0.15, 0.2) is 0 Å². The number of hydrogen-bond donors (Lipinski definition) is 2. The van der Waals surface area contributed by atoms with E-state index in [4.69, 9.17) is 5.73 Å². The third-order valence-corrected chi connectivity index (χ3v) is 2.38. The molecule has 1 heterocycles. The quantitative estimate of drug-likeness (QED) is 0.719. The number of hydrogen-bond acceptors (Lipinski definition) is 3. The average Bonchev–Trinajstić information content (AvgIpc) is 2.88. The summed E-state index contributed by atoms with van der Waals surface area (Å²) in [5.41, 5.74) is 5.99. The number of carbonyl (C=O) groups is 1. The molecule has 0 aliphatic heterocycles. The zero-order valence-electron chi connectivity index (χ0n) is 8.16. The van der Waals surface area contributed by atoms with Crippen LogP contribution in [0, 0.1) is 5.92 Å². The molecule has 3 N–H and O–H groups in total. The number of carbonyl (C=O) groups excluding carboxylic acids is 1. The molecule has 1 fully saturated rings. The van der Waals surface area contributed by atoms with Gasteiger partial charge >= 0.3 is 0 Å². The lowest BCUT2D eigenvalue weighted by molar-refractivity contribution is 0.0942. The Morgan fingerprint density at radius 1 is 1.79 bits per heavy atom. The Labute approximate surface area is 82.3 Å². The summed E-state index contributed by atoms with van der Waals surface area (Å²) in [6.45, 7) is 0.768. The van der Waals surface area contributed by atoms with E-state index >= 15 is 0 Å². The van der Waals surface area contributed by atoms with Crippen LogP contribution in [-0.4, -0.2) is 22.2 Å². The number of rotatable bonds is 3. The number of nitrogens with one attached hydrogen (secondary N) is 1. The smallest absolute Gasteiger partial charge is 0.269 e. The first-order valence-electron chi connectivity index (χ1n) is 4.74. The number of aryl methyl sites for hydroxylation is 1. The Bertz CT molecular complexity index is 354. The van der Waals surface area contributed by atoms with Gasteiger partial charge in [-0.2, -0.15) is 5.10 Å². The Morgan fingerprint density at radius 3 is 3.00 bits per heavy atom. The van der Waals surface area contributed by atoms with Gasteiger partial charge in [0.25, 0.3) is 5.91 Å². The van der Waals surface area contributed by atoms with E-state index in [2.05, 4.69) is 10.4 Å². The number of amides is 1. The zero-order chi connectivity index (χ0) is 10.1. The van der Waals surface area contributed by atoms with Crippen molar-refractivity contribution in [2.24, 2.45) is 13.0 Å². The second-order valence-corrected chi connectivity index (χ2v) is 3.73. The van der Waals surface area contributed by atoms with Gasteiger partial charge in [0.05, 0.1) is 0 Å². The summed E-state index contributed by atoms with van der Waals surface area (Å²) in [5, 5.41) is 6.77. The molecule has 1 aromatic rings. The van der Waals surface area contributed by atoms with Crippen molar-refractivity contribution >= 4 is 11.7 Å². The lowest BCUT2D eigenvalue weighted by Gasteiger charge is -2.03. The van der Waals surface area contributed by atoms with E-state index in [1.807, 2.05) is 0 Å². The fourth-order valence-electron chi connectivity index (χ4n) is 1.35. The third-order valence-electron chi connectivity index (χ3n) is 2.38. The maximum absolute atomic E-state index is 11.6. The first-order chi connectivity index (χ1) is 6.66. The van der Waals surface area contributed by atoms with Crippen LogP contribution in [0.25, 0.3) is 0 Å². The molecule has 0 bridgehead atoms. The fraction of sp³-hybridized carbons (Fsp3) is 0.556. The molecule has 0 spiro atoms. The summed E-state index contributed by atoms with van der Waals surface area (Å²) < 4.78 is 1.50. The van der Waals surface area contributed by atoms with Crippen LogP contribution in [0.1, 0.15) is 23.3 Å². The van der Waals surface area contributed by atoms with Gasteiger partial charge in [-0.3, -0.25) is 9.48 Å². The molecule has 1 aliphatic carbocycles. The molecular weight excluding hydrogens is 180 g/mol. The first kappa shape index (κ1) is 9.05. The van der Waals surface area contributed by atoms with E-state index in [9.17, 15) is 4.79 Å². The van der Waals surface area contributed by atoms with Crippen LogP contribution in [0.4, 0.5) is 5.82 Å². The highest BCUT2D eigenvalue weighted by atomic mass is 16.2. The van der Waals surface area contributed by atoms with Crippen LogP contribution in [0.5, 0.6) is 0 Å². The van der Waals surface area contributed by atoms with Crippen LogP contribution in [-0.2, 0) is 7.05 Å². The van der Waals surface area contributed by atoms with Crippen molar-refractivity contribution < 1.29 is 4.79 Å². The molecule has 1 aromatic heterocycles. The largest absolute Gasteiger partial charge is 0.382 e. The number of nitrogens with zero attached hydrogens (tertiary/aromatic N) is 2. The normalized spacial score (nSPS) is 15.5. The van der Waals surface area contributed by atoms with E-state index < -0.39 is 0 Å². The average molecular weight is 194 g/mol. The highest BCUT2D eigenvalue weighted by Gasteiger charge is 2.22. The van der Waals surface area contributed by atoms with Crippen molar-refractivity contribution in [1.29, 1.82) is 0 Å². The second kappa shape index (κ2) is 3.32. The van der Waals surface area contributed by atoms with Gasteiger partial charge in [0.2, 0.25) is 0 Å². The Morgan fingerprint density at radius 2 is 2.50 bits per heavy atom. The minimum Gasteiger partial charge on any atom is -0.382 e. The van der Waals surface area contributed by atoms with Gasteiger partial charge in [-0.15, -0.1) is 0 Å². The van der Waals surface area contributed by atoms with Gasteiger partial charge in [-0.25, -0.2) is 0 Å². The summed E-state index contributed by atoms with van der Waals surface area (Å²) in [7, 11) is 1.71. The molecular formula is C9H14N4O. The molecule has 14 heavy (non-hydrogen) atoms. The molecule has 0 unspecified atom stereocenters. The van der Waals surface area contributed by atoms with Crippen molar-refractivity contribution in [3.8, 4) is 0 Å². The molecule has 2 rings (SSSR count). The van der Waals surface area contributed by atoms with E-state index in [0.29, 0.717) is 17.4 Å². The molecule has 0 aromatic carbocycles. The molecule has 1 saturated carbocycles. The lowest BCUT2D eigenvalue weighted by atomic mass is 10.3. The molecule has 76 valence electrons. The molecule has 0 saturated heterocycles. The minimum absolute atomic E-state index is 0.0939. The molecule has 1 amide bonds. The predicted octanol–water partition coefficient (Wildman–Crippen LogP) is 0.142. The maximum Gasteiger partial charge on any atom is 0.269 e. The van der Waals surface area contributed by atoms with E-state index in [1.54, 1.807) is 13.1 Å². The number of anilines is 1. The van der Waals surface area contributed by atoms with Crippen LogP contribution in [0.3, 0.4) is 0 Å². The Balaban J connectivity index is 1.98. The molecule has 0 radical (unpaired) electrons. The molecule has 1 aliphatic rings. The molecule has 5 nitrogen and oxygen atoms in total. The second-order valence-electron chi connectivity index (χ2n) is 3.73. The van der Waals surface area contributed by atoms with Crippen molar-refractivity contribution in [3.63, 3.8) is 0 Å². The maximum atomic E-state index is 11.6. The summed E-state index contributed by atoms with van der Waals surface area (Å²) in [6.07, 6.45) is 2.46. The van der Waals surface area contributed by atoms with Crippen LogP contribution in [0.15, 0.2) is 6.07 Å².